The SMILES string of the molecule is COc1ncccc1C(=O)N1CCC(C(N)=NO)CC1. The van der Waals surface area contributed by atoms with Crippen molar-refractivity contribution < 1.29 is 14.7 Å². The highest BCUT2D eigenvalue weighted by atomic mass is 16.5. The van der Waals surface area contributed by atoms with Crippen LogP contribution in [0.3, 0.4) is 0 Å². The number of nitrogens with zero attached hydrogens (tertiary/aromatic N) is 3. The highest BCUT2D eigenvalue weighted by Crippen LogP contribution is 2.22. The van der Waals surface area contributed by atoms with Crippen molar-refractivity contribution in [2.75, 3.05) is 20.2 Å². The number of oxime groups is 1. The highest BCUT2D eigenvalue weighted by Gasteiger charge is 2.27. The van der Waals surface area contributed by atoms with E-state index in [1.807, 2.05) is 0 Å². The number of methoxy groups -OCH3 is 1. The Labute approximate surface area is 117 Å². The summed E-state index contributed by atoms with van der Waals surface area (Å²) >= 11 is 0. The van der Waals surface area contributed by atoms with Crippen molar-refractivity contribution >= 4 is 11.7 Å². The van der Waals surface area contributed by atoms with Gasteiger partial charge in [-0.05, 0) is 25.0 Å². The Balaban J connectivity index is 2.05. The molecule has 1 fully saturated rings. The maximum atomic E-state index is 12.4. The summed E-state index contributed by atoms with van der Waals surface area (Å²) < 4.78 is 5.10. The van der Waals surface area contributed by atoms with Gasteiger partial charge >= 0.3 is 0 Å². The number of piperidine rings is 1. The zero-order chi connectivity index (χ0) is 14.5. The van der Waals surface area contributed by atoms with E-state index in [2.05, 4.69) is 10.1 Å². The first-order chi connectivity index (χ1) is 9.67. The number of carbonyl (C=O) groups is 1. The number of amides is 1. The van der Waals surface area contributed by atoms with Crippen LogP contribution in [0.2, 0.25) is 0 Å². The first kappa shape index (κ1) is 14.1. The molecule has 0 saturated carbocycles. The number of hydrogen-bond donors (Lipinski definition) is 2. The van der Waals surface area contributed by atoms with Gasteiger partial charge in [-0.25, -0.2) is 4.98 Å². The summed E-state index contributed by atoms with van der Waals surface area (Å²) in [5.74, 6) is 0.486. The smallest absolute Gasteiger partial charge is 0.259 e. The Morgan fingerprint density at radius 3 is 2.85 bits per heavy atom. The van der Waals surface area contributed by atoms with E-state index in [1.165, 1.54) is 7.11 Å². The second-order valence-electron chi connectivity index (χ2n) is 4.65. The first-order valence-electron chi connectivity index (χ1n) is 6.43. The summed E-state index contributed by atoms with van der Waals surface area (Å²) in [5, 5.41) is 11.7. The molecule has 1 amide bonds. The Bertz CT molecular complexity index is 510. The molecule has 108 valence electrons. The maximum absolute atomic E-state index is 12.4. The van der Waals surface area contributed by atoms with Crippen molar-refractivity contribution in [2.24, 2.45) is 16.8 Å². The van der Waals surface area contributed by atoms with Gasteiger partial charge in [0.25, 0.3) is 5.91 Å². The van der Waals surface area contributed by atoms with E-state index in [4.69, 9.17) is 15.7 Å². The van der Waals surface area contributed by atoms with Gasteiger partial charge < -0.3 is 20.6 Å². The Hall–Kier alpha value is -2.31. The normalized spacial score (nSPS) is 17.1. The topological polar surface area (TPSA) is 101 Å². The largest absolute Gasteiger partial charge is 0.480 e. The monoisotopic (exact) mass is 278 g/mol. The summed E-state index contributed by atoms with van der Waals surface area (Å²) in [7, 11) is 1.49. The summed E-state index contributed by atoms with van der Waals surface area (Å²) in [6, 6.07) is 3.41. The third-order valence-electron chi connectivity index (χ3n) is 3.51. The molecule has 1 aliphatic rings. The summed E-state index contributed by atoms with van der Waals surface area (Å²) in [6.07, 6.45) is 2.95. The van der Waals surface area contributed by atoms with Crippen LogP contribution in [0.5, 0.6) is 5.88 Å². The Morgan fingerprint density at radius 2 is 2.25 bits per heavy atom. The number of carbonyl (C=O) groups excluding carboxylic acids is 1. The molecule has 0 bridgehead atoms. The van der Waals surface area contributed by atoms with E-state index in [9.17, 15) is 4.79 Å². The highest BCUT2D eigenvalue weighted by molar-refractivity contribution is 5.96. The lowest BCUT2D eigenvalue weighted by molar-refractivity contribution is 0.0705. The fourth-order valence-corrected chi connectivity index (χ4v) is 2.35. The van der Waals surface area contributed by atoms with Crippen molar-refractivity contribution in [1.82, 2.24) is 9.88 Å². The zero-order valence-electron chi connectivity index (χ0n) is 11.3. The number of nitrogens with two attached hydrogens (primary N) is 1. The fourth-order valence-electron chi connectivity index (χ4n) is 2.35. The van der Waals surface area contributed by atoms with Crippen molar-refractivity contribution in [2.45, 2.75) is 12.8 Å². The summed E-state index contributed by atoms with van der Waals surface area (Å²) in [4.78, 5) is 18.2. The van der Waals surface area contributed by atoms with Crippen molar-refractivity contribution in [3.05, 3.63) is 23.9 Å². The number of likely N-dealkylation sites (tertiary alicyclic amines) is 1. The minimum atomic E-state index is -0.104. The first-order valence-corrected chi connectivity index (χ1v) is 6.43. The van der Waals surface area contributed by atoms with Crippen LogP contribution in [-0.2, 0) is 0 Å². The molecule has 1 saturated heterocycles. The number of aromatic nitrogens is 1. The minimum absolute atomic E-state index is 0.0276. The van der Waals surface area contributed by atoms with Gasteiger partial charge in [-0.3, -0.25) is 4.79 Å². The number of amidine groups is 1. The third kappa shape index (κ3) is 2.81. The van der Waals surface area contributed by atoms with Crippen molar-refractivity contribution in [3.63, 3.8) is 0 Å². The molecule has 20 heavy (non-hydrogen) atoms. The van der Waals surface area contributed by atoms with E-state index in [-0.39, 0.29) is 17.7 Å². The summed E-state index contributed by atoms with van der Waals surface area (Å²) in [6.45, 7) is 1.13. The average molecular weight is 278 g/mol. The molecule has 0 aromatic carbocycles. The molecule has 3 N–H and O–H groups in total. The predicted octanol–water partition coefficient (Wildman–Crippen LogP) is 0.689. The van der Waals surface area contributed by atoms with Gasteiger partial charge in [-0.2, -0.15) is 0 Å². The van der Waals surface area contributed by atoms with E-state index in [0.717, 1.165) is 0 Å². The van der Waals surface area contributed by atoms with Crippen LogP contribution in [0.1, 0.15) is 23.2 Å². The molecule has 0 unspecified atom stereocenters. The van der Waals surface area contributed by atoms with Gasteiger partial charge in [0, 0.05) is 25.2 Å². The van der Waals surface area contributed by atoms with Crippen LogP contribution in [0.15, 0.2) is 23.5 Å². The maximum Gasteiger partial charge on any atom is 0.259 e. The quantitative estimate of drug-likeness (QED) is 0.366. The van der Waals surface area contributed by atoms with E-state index >= 15 is 0 Å². The van der Waals surface area contributed by atoms with Crippen LogP contribution in [-0.4, -0.2) is 47.0 Å². The number of rotatable bonds is 3. The van der Waals surface area contributed by atoms with Gasteiger partial charge in [-0.1, -0.05) is 5.16 Å². The lowest BCUT2D eigenvalue weighted by Gasteiger charge is -2.31. The standard InChI is InChI=1S/C13H18N4O3/c1-20-12-10(3-2-6-15-12)13(18)17-7-4-9(5-8-17)11(14)16-19/h2-3,6,9,19H,4-5,7-8H2,1H3,(H2,14,16). The second kappa shape index (κ2) is 6.23. The molecule has 7 nitrogen and oxygen atoms in total. The Morgan fingerprint density at radius 1 is 1.55 bits per heavy atom. The lowest BCUT2D eigenvalue weighted by Crippen LogP contribution is -2.42. The van der Waals surface area contributed by atoms with Gasteiger partial charge in [0.2, 0.25) is 5.88 Å². The predicted molar refractivity (Wildman–Crippen MR) is 72.8 cm³/mol. The molecule has 1 aromatic rings. The molecule has 2 rings (SSSR count). The molecule has 7 heteroatoms. The molecule has 2 heterocycles. The number of pyridine rings is 1. The molecule has 0 spiro atoms. The molecule has 1 aliphatic heterocycles. The van der Waals surface area contributed by atoms with Gasteiger partial charge in [0.15, 0.2) is 0 Å². The van der Waals surface area contributed by atoms with Gasteiger partial charge in [-0.15, -0.1) is 0 Å². The molecular weight excluding hydrogens is 260 g/mol. The number of hydrogen-bond acceptors (Lipinski definition) is 5. The van der Waals surface area contributed by atoms with Crippen LogP contribution in [0.25, 0.3) is 0 Å². The van der Waals surface area contributed by atoms with Crippen molar-refractivity contribution in [1.29, 1.82) is 0 Å². The molecule has 0 aliphatic carbocycles. The lowest BCUT2D eigenvalue weighted by atomic mass is 9.95. The Kier molecular flexibility index (Phi) is 4.39. The van der Waals surface area contributed by atoms with E-state index < -0.39 is 0 Å². The van der Waals surface area contributed by atoms with E-state index in [1.54, 1.807) is 23.2 Å². The van der Waals surface area contributed by atoms with Crippen LogP contribution >= 0.6 is 0 Å². The van der Waals surface area contributed by atoms with Crippen LogP contribution < -0.4 is 10.5 Å². The summed E-state index contributed by atoms with van der Waals surface area (Å²) in [5.41, 5.74) is 6.05. The van der Waals surface area contributed by atoms with Gasteiger partial charge in [0.05, 0.1) is 7.11 Å². The third-order valence-corrected chi connectivity index (χ3v) is 3.51. The molecule has 0 atom stereocenters. The second-order valence-corrected chi connectivity index (χ2v) is 4.65. The van der Waals surface area contributed by atoms with Crippen molar-refractivity contribution in [3.8, 4) is 5.88 Å². The zero-order valence-corrected chi connectivity index (χ0v) is 11.3. The minimum Gasteiger partial charge on any atom is -0.480 e. The molecule has 0 radical (unpaired) electrons. The van der Waals surface area contributed by atoms with Crippen LogP contribution in [0.4, 0.5) is 0 Å². The average Bonchev–Trinajstić information content (AvgIpc) is 2.53. The van der Waals surface area contributed by atoms with Crippen LogP contribution in [0, 0.1) is 5.92 Å². The molecular formula is C13H18N4O3. The fraction of sp³-hybridized carbons (Fsp3) is 0.462. The van der Waals surface area contributed by atoms with E-state index in [0.29, 0.717) is 37.4 Å². The van der Waals surface area contributed by atoms with Gasteiger partial charge in [0.1, 0.15) is 11.4 Å². The molecule has 1 aromatic heterocycles. The number of ether oxygens (including phenoxy) is 1.